The molecule has 1 heterocycles. The Morgan fingerprint density at radius 3 is 2.40 bits per heavy atom. The monoisotopic (exact) mass is 554 g/mol. The van der Waals surface area contributed by atoms with E-state index in [1.54, 1.807) is 37.3 Å². The molecule has 1 aliphatic rings. The normalized spacial score (nSPS) is 16.8. The Morgan fingerprint density at radius 1 is 1.05 bits per heavy atom. The molecule has 1 amide bonds. The largest absolute Gasteiger partial charge is 0.481 e. The number of hydrogen-bond acceptors (Lipinski definition) is 4. The van der Waals surface area contributed by atoms with E-state index in [4.69, 9.17) is 0 Å². The molecule has 3 aromatic carbocycles. The summed E-state index contributed by atoms with van der Waals surface area (Å²) in [7, 11) is 0. The number of hydrogen-bond donors (Lipinski definition) is 2. The van der Waals surface area contributed by atoms with Crippen LogP contribution in [0, 0.1) is 18.7 Å². The van der Waals surface area contributed by atoms with Crippen molar-refractivity contribution in [1.29, 1.82) is 0 Å². The third kappa shape index (κ3) is 6.62. The molecule has 4 rings (SSSR count). The average Bonchev–Trinajstić information content (AvgIpc) is 3.03. The van der Waals surface area contributed by atoms with Gasteiger partial charge in [-0.2, -0.15) is 13.2 Å². The lowest BCUT2D eigenvalue weighted by molar-refractivity contribution is -0.150. The molecule has 3 atom stereocenters. The van der Waals surface area contributed by atoms with E-state index >= 15 is 0 Å². The molecule has 0 saturated carbocycles. The van der Waals surface area contributed by atoms with Crippen LogP contribution in [0.3, 0.4) is 0 Å². The molecule has 0 spiro atoms. The van der Waals surface area contributed by atoms with E-state index in [1.165, 1.54) is 42.5 Å². The van der Waals surface area contributed by atoms with Gasteiger partial charge in [-0.3, -0.25) is 19.4 Å². The Hall–Kier alpha value is -4.34. The summed E-state index contributed by atoms with van der Waals surface area (Å²) >= 11 is 0. The van der Waals surface area contributed by atoms with Crippen LogP contribution >= 0.6 is 0 Å². The zero-order valence-electron chi connectivity index (χ0n) is 21.4. The summed E-state index contributed by atoms with van der Waals surface area (Å²) in [6, 6.07) is 18.3. The molecule has 10 heteroatoms. The first kappa shape index (κ1) is 28.7. The summed E-state index contributed by atoms with van der Waals surface area (Å²) in [5.74, 6) is -6.89. The highest BCUT2D eigenvalue weighted by Crippen LogP contribution is 2.33. The van der Waals surface area contributed by atoms with Gasteiger partial charge in [0.15, 0.2) is 11.9 Å². The van der Waals surface area contributed by atoms with Gasteiger partial charge in [-0.1, -0.05) is 60.7 Å². The Morgan fingerprint density at radius 2 is 1.75 bits per heavy atom. The number of aliphatic carboxylic acids is 1. The van der Waals surface area contributed by atoms with Crippen LogP contribution in [-0.4, -0.2) is 40.8 Å². The molecular weight excluding hydrogens is 528 g/mol. The highest BCUT2D eigenvalue weighted by Gasteiger charge is 2.40. The summed E-state index contributed by atoms with van der Waals surface area (Å²) in [6.07, 6.45) is -8.54. The number of carboxylic acids is 1. The van der Waals surface area contributed by atoms with Crippen LogP contribution in [0.1, 0.15) is 46.6 Å². The van der Waals surface area contributed by atoms with Gasteiger partial charge in [0.25, 0.3) is 0 Å². The van der Waals surface area contributed by atoms with E-state index in [0.29, 0.717) is 16.7 Å². The molecule has 2 N–H and O–H groups in total. The van der Waals surface area contributed by atoms with Crippen LogP contribution in [0.15, 0.2) is 77.8 Å². The van der Waals surface area contributed by atoms with Gasteiger partial charge in [0.05, 0.1) is 17.5 Å². The number of aliphatic imine (C=N–C) groups is 1. The molecule has 0 fully saturated rings. The predicted octanol–water partition coefficient (Wildman–Crippen LogP) is 5.37. The van der Waals surface area contributed by atoms with Crippen LogP contribution < -0.4 is 5.32 Å². The topological polar surface area (TPSA) is 95.8 Å². The van der Waals surface area contributed by atoms with Crippen LogP contribution in [0.2, 0.25) is 0 Å². The number of carboxylic acid groups (broad SMARTS) is 1. The van der Waals surface area contributed by atoms with Gasteiger partial charge in [0.2, 0.25) is 5.91 Å². The molecular formula is C30H26F4N2O4. The minimum absolute atomic E-state index is 0.149. The average molecular weight is 555 g/mol. The van der Waals surface area contributed by atoms with Crippen LogP contribution in [0.4, 0.5) is 17.6 Å². The van der Waals surface area contributed by atoms with E-state index in [2.05, 4.69) is 10.3 Å². The first-order valence-corrected chi connectivity index (χ1v) is 12.5. The Kier molecular flexibility index (Phi) is 8.46. The smallest absolute Gasteiger partial charge is 0.389 e. The molecule has 1 unspecified atom stereocenters. The summed E-state index contributed by atoms with van der Waals surface area (Å²) in [5.41, 5.74) is 2.64. The van der Waals surface area contributed by atoms with E-state index in [-0.39, 0.29) is 17.7 Å². The number of carbonyl (C=O) groups excluding carboxylic acids is 2. The second kappa shape index (κ2) is 11.8. The highest BCUT2D eigenvalue weighted by atomic mass is 19.4. The fourth-order valence-electron chi connectivity index (χ4n) is 4.90. The van der Waals surface area contributed by atoms with Gasteiger partial charge < -0.3 is 10.4 Å². The number of amides is 1. The lowest BCUT2D eigenvalue weighted by Gasteiger charge is -2.25. The quantitative estimate of drug-likeness (QED) is 0.366. The van der Waals surface area contributed by atoms with Crippen molar-refractivity contribution in [3.05, 3.63) is 106 Å². The molecule has 0 saturated heterocycles. The van der Waals surface area contributed by atoms with E-state index < -0.39 is 60.5 Å². The fraction of sp³-hybridized carbons (Fsp3) is 0.267. The SMILES string of the molecule is Cc1cccc2c1CC(=O)C(NC(=O)[C@H](CCC(F)(F)F)[C@@H](C(=O)O)c1ccccc1)N=C2c1cccc(F)c1. The zero-order valence-corrected chi connectivity index (χ0v) is 21.4. The maximum atomic E-state index is 14.1. The Balaban J connectivity index is 1.75. The Bertz CT molecular complexity index is 1450. The third-order valence-electron chi connectivity index (χ3n) is 6.86. The molecule has 0 aromatic heterocycles. The molecule has 40 heavy (non-hydrogen) atoms. The molecule has 0 bridgehead atoms. The minimum Gasteiger partial charge on any atom is -0.481 e. The number of ketones is 1. The lowest BCUT2D eigenvalue weighted by atomic mass is 9.82. The number of fused-ring (bicyclic) bond motifs is 1. The first-order valence-electron chi connectivity index (χ1n) is 12.5. The number of halogens is 4. The number of aryl methyl sites for hydroxylation is 1. The molecule has 6 nitrogen and oxygen atoms in total. The number of nitrogens with zero attached hydrogens (tertiary/aromatic N) is 1. The van der Waals surface area contributed by atoms with Crippen molar-refractivity contribution in [2.24, 2.45) is 10.9 Å². The second-order valence-electron chi connectivity index (χ2n) is 9.63. The number of nitrogens with one attached hydrogen (secondary N) is 1. The van der Waals surface area contributed by atoms with Crippen molar-refractivity contribution in [1.82, 2.24) is 5.32 Å². The Labute approximate surface area is 227 Å². The number of benzene rings is 3. The second-order valence-corrected chi connectivity index (χ2v) is 9.63. The number of alkyl halides is 3. The lowest BCUT2D eigenvalue weighted by Crippen LogP contribution is -2.45. The highest BCUT2D eigenvalue weighted by molar-refractivity contribution is 6.16. The van der Waals surface area contributed by atoms with Gasteiger partial charge >= 0.3 is 12.1 Å². The standard InChI is InChI=1S/C30H26F4N2O4/c1-17-7-5-12-21-23(17)16-24(37)27(35-26(21)19-10-6-11-20(31)15-19)36-28(38)22(13-14-30(32,33)34)25(29(39)40)18-8-3-2-4-9-18/h2-12,15,22,25,27H,13-14,16H2,1H3,(H,36,38)(H,39,40)/t22-,25+,27?/m1/s1. The minimum atomic E-state index is -4.64. The summed E-state index contributed by atoms with van der Waals surface area (Å²) in [5, 5.41) is 12.4. The maximum Gasteiger partial charge on any atom is 0.389 e. The molecule has 1 aliphatic heterocycles. The summed E-state index contributed by atoms with van der Waals surface area (Å²) < 4.78 is 53.7. The van der Waals surface area contributed by atoms with Gasteiger partial charge in [-0.25, -0.2) is 4.39 Å². The first-order chi connectivity index (χ1) is 18.9. The van der Waals surface area contributed by atoms with E-state index in [9.17, 15) is 37.1 Å². The van der Waals surface area contributed by atoms with Gasteiger partial charge in [-0.15, -0.1) is 0 Å². The fourth-order valence-corrected chi connectivity index (χ4v) is 4.90. The van der Waals surface area contributed by atoms with Gasteiger partial charge in [-0.05, 0) is 42.2 Å². The summed E-state index contributed by atoms with van der Waals surface area (Å²) in [6.45, 7) is 1.79. The van der Waals surface area contributed by atoms with Crippen molar-refractivity contribution in [3.63, 3.8) is 0 Å². The number of Topliss-reactive ketones (excluding diaryl/α,β-unsaturated/α-hetero) is 1. The zero-order chi connectivity index (χ0) is 29.0. The van der Waals surface area contributed by atoms with Crippen LogP contribution in [0.25, 0.3) is 0 Å². The van der Waals surface area contributed by atoms with Crippen molar-refractivity contribution >= 4 is 23.4 Å². The maximum absolute atomic E-state index is 14.1. The predicted molar refractivity (Wildman–Crippen MR) is 139 cm³/mol. The van der Waals surface area contributed by atoms with Crippen LogP contribution in [0.5, 0.6) is 0 Å². The van der Waals surface area contributed by atoms with E-state index in [1.807, 2.05) is 0 Å². The number of carbonyl (C=O) groups is 3. The third-order valence-corrected chi connectivity index (χ3v) is 6.86. The van der Waals surface area contributed by atoms with Crippen molar-refractivity contribution in [2.45, 2.75) is 44.4 Å². The van der Waals surface area contributed by atoms with Gasteiger partial charge in [0.1, 0.15) is 5.82 Å². The van der Waals surface area contributed by atoms with E-state index in [0.717, 1.165) is 5.56 Å². The summed E-state index contributed by atoms with van der Waals surface area (Å²) in [4.78, 5) is 43.6. The molecule has 208 valence electrons. The number of rotatable bonds is 8. The van der Waals surface area contributed by atoms with Crippen LogP contribution in [-0.2, 0) is 20.8 Å². The van der Waals surface area contributed by atoms with Crippen molar-refractivity contribution in [3.8, 4) is 0 Å². The van der Waals surface area contributed by atoms with Gasteiger partial charge in [0, 0.05) is 24.0 Å². The van der Waals surface area contributed by atoms with Crippen molar-refractivity contribution in [2.75, 3.05) is 0 Å². The molecule has 0 aliphatic carbocycles. The van der Waals surface area contributed by atoms with Crippen molar-refractivity contribution < 1.29 is 37.1 Å². The molecule has 3 aromatic rings. The molecule has 0 radical (unpaired) electrons.